The Morgan fingerprint density at radius 3 is 2.82 bits per heavy atom. The van der Waals surface area contributed by atoms with Crippen molar-refractivity contribution in [1.29, 1.82) is 0 Å². The molecule has 2 saturated carbocycles. The van der Waals surface area contributed by atoms with E-state index in [-0.39, 0.29) is 23.7 Å². The number of pyridine rings is 1. The van der Waals surface area contributed by atoms with Gasteiger partial charge in [-0.15, -0.1) is 21.5 Å². The molecule has 0 aromatic carbocycles. The van der Waals surface area contributed by atoms with E-state index in [0.717, 1.165) is 60.3 Å². The second kappa shape index (κ2) is 8.94. The van der Waals surface area contributed by atoms with E-state index >= 15 is 0 Å². The maximum absolute atomic E-state index is 13.3. The summed E-state index contributed by atoms with van der Waals surface area (Å²) in [5, 5.41) is 14.9. The monoisotopic (exact) mass is 476 g/mol. The maximum Gasteiger partial charge on any atom is 0.252 e. The Kier molecular flexibility index (Phi) is 5.64. The second-order valence-electron chi connectivity index (χ2n) is 9.70. The first-order chi connectivity index (χ1) is 16.7. The van der Waals surface area contributed by atoms with Gasteiger partial charge in [-0.2, -0.15) is 0 Å². The lowest BCUT2D eigenvalue weighted by Crippen LogP contribution is -2.28. The van der Waals surface area contributed by atoms with Crippen LogP contribution < -0.4 is 10.6 Å². The molecule has 3 aromatic rings. The van der Waals surface area contributed by atoms with Gasteiger partial charge in [0.05, 0.1) is 17.4 Å². The molecule has 0 radical (unpaired) electrons. The van der Waals surface area contributed by atoms with Crippen molar-refractivity contribution in [2.75, 3.05) is 11.9 Å². The van der Waals surface area contributed by atoms with Crippen molar-refractivity contribution in [3.63, 3.8) is 0 Å². The fraction of sp³-hybridized carbons (Fsp3) is 0.480. The number of anilines is 2. The van der Waals surface area contributed by atoms with Gasteiger partial charge >= 0.3 is 0 Å². The van der Waals surface area contributed by atoms with Crippen LogP contribution in [0.5, 0.6) is 0 Å². The minimum Gasteiger partial charge on any atom is -0.352 e. The lowest BCUT2D eigenvalue weighted by Gasteiger charge is -2.25. The average molecular weight is 477 g/mol. The van der Waals surface area contributed by atoms with Crippen LogP contribution in [-0.2, 0) is 24.1 Å². The number of nitrogens with zero attached hydrogens (tertiary/aromatic N) is 4. The lowest BCUT2D eigenvalue weighted by atomic mass is 9.90. The Bertz CT molecular complexity index is 1210. The van der Waals surface area contributed by atoms with Gasteiger partial charge in [0.2, 0.25) is 5.95 Å². The molecule has 0 bridgehead atoms. The summed E-state index contributed by atoms with van der Waals surface area (Å²) in [7, 11) is 0. The van der Waals surface area contributed by atoms with E-state index in [1.807, 2.05) is 12.1 Å². The van der Waals surface area contributed by atoms with Gasteiger partial charge in [-0.3, -0.25) is 19.1 Å². The predicted molar refractivity (Wildman–Crippen MR) is 129 cm³/mol. The van der Waals surface area contributed by atoms with Crippen molar-refractivity contribution in [3.05, 3.63) is 51.7 Å². The number of nitrogens with one attached hydrogen (secondary N) is 2. The molecule has 176 valence electrons. The summed E-state index contributed by atoms with van der Waals surface area (Å²) in [5.74, 6) is 1.75. The topological polar surface area (TPSA) is 102 Å². The van der Waals surface area contributed by atoms with Crippen molar-refractivity contribution in [3.8, 4) is 0 Å². The number of carbonyl (C=O) groups is 2. The summed E-state index contributed by atoms with van der Waals surface area (Å²) < 4.78 is 2.06. The van der Waals surface area contributed by atoms with E-state index in [2.05, 4.69) is 30.4 Å². The van der Waals surface area contributed by atoms with E-state index < -0.39 is 0 Å². The minimum atomic E-state index is -0.0129. The highest BCUT2D eigenvalue weighted by atomic mass is 32.1. The van der Waals surface area contributed by atoms with Crippen LogP contribution in [0.15, 0.2) is 30.9 Å². The zero-order chi connectivity index (χ0) is 23.1. The number of Topliss-reactive ketones (excluding diaryl/α,β-unsaturated/α-hetero) is 1. The predicted octanol–water partition coefficient (Wildman–Crippen LogP) is 3.87. The highest BCUT2D eigenvalue weighted by Gasteiger charge is 2.35. The van der Waals surface area contributed by atoms with Gasteiger partial charge in [-0.1, -0.05) is 0 Å². The van der Waals surface area contributed by atoms with Gasteiger partial charge in [0.15, 0.2) is 0 Å². The first kappa shape index (κ1) is 21.5. The third-order valence-corrected chi connectivity index (χ3v) is 8.33. The molecule has 34 heavy (non-hydrogen) atoms. The van der Waals surface area contributed by atoms with Crippen LogP contribution in [0.1, 0.15) is 63.8 Å². The first-order valence-corrected chi connectivity index (χ1v) is 13.0. The van der Waals surface area contributed by atoms with Crippen LogP contribution in [0.2, 0.25) is 0 Å². The van der Waals surface area contributed by atoms with Crippen LogP contribution >= 0.6 is 11.3 Å². The molecule has 3 aliphatic carbocycles. The van der Waals surface area contributed by atoms with Crippen LogP contribution in [0.4, 0.5) is 11.6 Å². The molecule has 6 rings (SSSR count). The quantitative estimate of drug-likeness (QED) is 0.486. The standard InChI is InChI=1S/C25H28N6O2S/c32-20(16-5-6-16)11-22-23(24(33)27-12-15-3-4-15)19-10-18(7-8-21(19)34-22)31-14-28-30-25(31)29-17-2-1-9-26-13-17/h1-2,9,13-16,18H,3-8,10-12H2,(H,27,33)(H,29,30)/t18-/m0/s1. The molecule has 0 unspecified atom stereocenters. The number of aryl methyl sites for hydroxylation is 1. The van der Waals surface area contributed by atoms with Gasteiger partial charge in [-0.05, 0) is 68.6 Å². The zero-order valence-corrected chi connectivity index (χ0v) is 19.8. The third kappa shape index (κ3) is 4.49. The van der Waals surface area contributed by atoms with Gasteiger partial charge in [0, 0.05) is 40.9 Å². The van der Waals surface area contributed by atoms with Gasteiger partial charge in [0.1, 0.15) is 12.1 Å². The summed E-state index contributed by atoms with van der Waals surface area (Å²) >= 11 is 1.67. The summed E-state index contributed by atoms with van der Waals surface area (Å²) in [6, 6.07) is 3.95. The van der Waals surface area contributed by atoms with Crippen LogP contribution in [-0.4, -0.2) is 38.0 Å². The second-order valence-corrected chi connectivity index (χ2v) is 10.9. The van der Waals surface area contributed by atoms with Crippen molar-refractivity contribution in [2.45, 2.75) is 57.4 Å². The molecule has 1 amide bonds. The summed E-state index contributed by atoms with van der Waals surface area (Å²) in [6.45, 7) is 0.730. The molecule has 3 aromatic heterocycles. The number of amides is 1. The Morgan fingerprint density at radius 1 is 1.18 bits per heavy atom. The average Bonchev–Trinajstić information content (AvgIpc) is 3.77. The highest BCUT2D eigenvalue weighted by Crippen LogP contribution is 2.41. The van der Waals surface area contributed by atoms with Gasteiger partial charge in [0.25, 0.3) is 5.91 Å². The van der Waals surface area contributed by atoms with E-state index in [9.17, 15) is 9.59 Å². The fourth-order valence-electron chi connectivity index (χ4n) is 4.77. The molecule has 0 spiro atoms. The maximum atomic E-state index is 13.3. The van der Waals surface area contributed by atoms with Crippen LogP contribution in [0.3, 0.4) is 0 Å². The number of aromatic nitrogens is 4. The van der Waals surface area contributed by atoms with Crippen molar-refractivity contribution in [2.24, 2.45) is 11.8 Å². The number of hydrogen-bond donors (Lipinski definition) is 2. The molecular weight excluding hydrogens is 448 g/mol. The van der Waals surface area contributed by atoms with E-state index in [0.29, 0.717) is 18.3 Å². The molecule has 0 aliphatic heterocycles. The Balaban J connectivity index is 1.27. The van der Waals surface area contributed by atoms with Crippen LogP contribution in [0, 0.1) is 11.8 Å². The minimum absolute atomic E-state index is 0.0129. The molecule has 2 fully saturated rings. The zero-order valence-electron chi connectivity index (χ0n) is 19.0. The smallest absolute Gasteiger partial charge is 0.252 e. The van der Waals surface area contributed by atoms with Crippen molar-refractivity contribution < 1.29 is 9.59 Å². The normalized spacial score (nSPS) is 19.5. The Hall–Kier alpha value is -3.07. The first-order valence-electron chi connectivity index (χ1n) is 12.2. The number of fused-ring (bicyclic) bond motifs is 1. The van der Waals surface area contributed by atoms with Crippen molar-refractivity contribution in [1.82, 2.24) is 25.1 Å². The molecule has 3 heterocycles. The van der Waals surface area contributed by atoms with Crippen molar-refractivity contribution >= 4 is 34.7 Å². The number of hydrogen-bond acceptors (Lipinski definition) is 7. The fourth-order valence-corrected chi connectivity index (χ4v) is 6.13. The molecular formula is C25H28N6O2S. The molecule has 3 aliphatic rings. The van der Waals surface area contributed by atoms with E-state index in [1.165, 1.54) is 17.7 Å². The Morgan fingerprint density at radius 2 is 2.06 bits per heavy atom. The van der Waals surface area contributed by atoms with E-state index in [4.69, 9.17) is 0 Å². The van der Waals surface area contributed by atoms with Gasteiger partial charge in [-0.25, -0.2) is 0 Å². The molecule has 8 nitrogen and oxygen atoms in total. The summed E-state index contributed by atoms with van der Waals surface area (Å²) in [4.78, 5) is 32.3. The summed E-state index contributed by atoms with van der Waals surface area (Å²) in [5.41, 5.74) is 2.72. The molecule has 1 atom stereocenters. The third-order valence-electron chi connectivity index (χ3n) is 7.03. The Labute approximate surface area is 202 Å². The number of carbonyl (C=O) groups excluding carboxylic acids is 2. The number of ketones is 1. The largest absolute Gasteiger partial charge is 0.352 e. The number of rotatable bonds is 9. The molecule has 9 heteroatoms. The lowest BCUT2D eigenvalue weighted by molar-refractivity contribution is -0.119. The van der Waals surface area contributed by atoms with E-state index in [1.54, 1.807) is 30.1 Å². The summed E-state index contributed by atoms with van der Waals surface area (Å²) in [6.07, 6.45) is 12.6. The molecule has 2 N–H and O–H groups in total. The number of thiophene rings is 1. The highest BCUT2D eigenvalue weighted by molar-refractivity contribution is 7.12. The SMILES string of the molecule is O=C(NCC1CC1)c1c(CC(=O)C2CC2)sc2c1C[C@@H](n1cnnc1Nc1cccnc1)CC2. The van der Waals surface area contributed by atoms with Crippen LogP contribution in [0.25, 0.3) is 0 Å². The van der Waals surface area contributed by atoms with Gasteiger partial charge < -0.3 is 10.6 Å². The molecule has 0 saturated heterocycles.